The first-order valence-corrected chi connectivity index (χ1v) is 7.76. The normalized spacial score (nSPS) is 11.2. The van der Waals surface area contributed by atoms with Crippen LogP contribution in [0.5, 0.6) is 0 Å². The van der Waals surface area contributed by atoms with E-state index in [1.165, 1.54) is 30.0 Å². The summed E-state index contributed by atoms with van der Waals surface area (Å²) in [4.78, 5) is 25.4. The maximum absolute atomic E-state index is 13.5. The largest absolute Gasteiger partial charge is 0.349 e. The molecule has 6 heteroatoms. The summed E-state index contributed by atoms with van der Waals surface area (Å²) in [5.41, 5.74) is 1.09. The highest BCUT2D eigenvalue weighted by molar-refractivity contribution is 5.94. The Hall–Kier alpha value is -3.20. The Morgan fingerprint density at radius 3 is 2.52 bits per heavy atom. The zero-order valence-corrected chi connectivity index (χ0v) is 13.8. The highest BCUT2D eigenvalue weighted by Gasteiger charge is 2.22. The average Bonchev–Trinajstić information content (AvgIpc) is 2.59. The van der Waals surface area contributed by atoms with E-state index in [9.17, 15) is 14.0 Å². The van der Waals surface area contributed by atoms with E-state index in [0.717, 1.165) is 5.56 Å². The second kappa shape index (κ2) is 8.60. The van der Waals surface area contributed by atoms with Gasteiger partial charge in [-0.25, -0.2) is 4.39 Å². The average molecular weight is 339 g/mol. The molecule has 1 N–H and O–H groups in total. The Morgan fingerprint density at radius 1 is 1.20 bits per heavy atom. The summed E-state index contributed by atoms with van der Waals surface area (Å²) < 4.78 is 13.5. The molecule has 128 valence electrons. The van der Waals surface area contributed by atoms with Gasteiger partial charge in [0.05, 0.1) is 18.5 Å². The van der Waals surface area contributed by atoms with E-state index in [4.69, 9.17) is 5.26 Å². The number of nitrogens with one attached hydrogen (secondary N) is 1. The van der Waals surface area contributed by atoms with Gasteiger partial charge in [0.2, 0.25) is 11.8 Å². The van der Waals surface area contributed by atoms with Crippen LogP contribution in [0.2, 0.25) is 0 Å². The summed E-state index contributed by atoms with van der Waals surface area (Å²) >= 11 is 0. The van der Waals surface area contributed by atoms with Gasteiger partial charge in [-0.15, -0.1) is 0 Å². The molecule has 2 amide bonds. The highest BCUT2D eigenvalue weighted by atomic mass is 19.1. The SMILES string of the molecule is CC(=O)N[C@@H](CC(=O)N(CC#N)c1cccc(F)c1)c1ccccc1. The van der Waals surface area contributed by atoms with E-state index in [2.05, 4.69) is 5.32 Å². The number of nitrogens with zero attached hydrogens (tertiary/aromatic N) is 2. The number of carbonyl (C=O) groups excluding carboxylic acids is 2. The number of anilines is 1. The molecule has 0 aliphatic rings. The Kier molecular flexibility index (Phi) is 6.24. The van der Waals surface area contributed by atoms with Gasteiger partial charge in [0, 0.05) is 12.6 Å². The molecular weight excluding hydrogens is 321 g/mol. The minimum Gasteiger partial charge on any atom is -0.349 e. The van der Waals surface area contributed by atoms with Crippen molar-refractivity contribution in [1.82, 2.24) is 5.32 Å². The van der Waals surface area contributed by atoms with E-state index >= 15 is 0 Å². The molecule has 0 fully saturated rings. The maximum Gasteiger partial charge on any atom is 0.230 e. The number of hydrogen-bond acceptors (Lipinski definition) is 3. The summed E-state index contributed by atoms with van der Waals surface area (Å²) in [6.07, 6.45) is -0.0399. The number of carbonyl (C=O) groups is 2. The lowest BCUT2D eigenvalue weighted by Crippen LogP contribution is -2.36. The third kappa shape index (κ3) is 5.15. The quantitative estimate of drug-likeness (QED) is 0.822. The van der Waals surface area contributed by atoms with Crippen molar-refractivity contribution >= 4 is 17.5 Å². The van der Waals surface area contributed by atoms with Crippen molar-refractivity contribution in [3.8, 4) is 6.07 Å². The zero-order valence-electron chi connectivity index (χ0n) is 13.8. The number of halogens is 1. The van der Waals surface area contributed by atoms with Gasteiger partial charge in [0.25, 0.3) is 0 Å². The number of nitriles is 1. The molecule has 2 aromatic rings. The Balaban J connectivity index is 2.25. The van der Waals surface area contributed by atoms with Crippen LogP contribution in [0.25, 0.3) is 0 Å². The molecule has 0 spiro atoms. The lowest BCUT2D eigenvalue weighted by atomic mass is 10.0. The summed E-state index contributed by atoms with van der Waals surface area (Å²) in [5, 5.41) is 11.7. The third-order valence-corrected chi connectivity index (χ3v) is 3.61. The fourth-order valence-electron chi connectivity index (χ4n) is 2.51. The van der Waals surface area contributed by atoms with E-state index in [1.54, 1.807) is 6.07 Å². The van der Waals surface area contributed by atoms with Crippen LogP contribution in [0.1, 0.15) is 24.9 Å². The summed E-state index contributed by atoms with van der Waals surface area (Å²) in [5.74, 6) is -1.14. The standard InChI is InChI=1S/C19H18FN3O2/c1-14(24)22-18(15-6-3-2-4-7-15)13-19(25)23(11-10-21)17-9-5-8-16(20)12-17/h2-9,12,18H,11,13H2,1H3,(H,22,24)/t18-/m0/s1. The molecule has 25 heavy (non-hydrogen) atoms. The Morgan fingerprint density at radius 2 is 1.92 bits per heavy atom. The van der Waals surface area contributed by atoms with Crippen molar-refractivity contribution in [1.29, 1.82) is 5.26 Å². The molecule has 0 bridgehead atoms. The third-order valence-electron chi connectivity index (χ3n) is 3.61. The van der Waals surface area contributed by atoms with E-state index in [0.29, 0.717) is 5.69 Å². The van der Waals surface area contributed by atoms with E-state index in [-0.39, 0.29) is 24.8 Å². The molecule has 0 saturated carbocycles. The van der Waals surface area contributed by atoms with Crippen molar-refractivity contribution in [2.24, 2.45) is 0 Å². The number of hydrogen-bond donors (Lipinski definition) is 1. The van der Waals surface area contributed by atoms with Gasteiger partial charge in [-0.3, -0.25) is 14.5 Å². The van der Waals surface area contributed by atoms with E-state index in [1.807, 2.05) is 36.4 Å². The predicted molar refractivity (Wildman–Crippen MR) is 92.0 cm³/mol. The van der Waals surface area contributed by atoms with Crippen LogP contribution >= 0.6 is 0 Å². The van der Waals surface area contributed by atoms with Gasteiger partial charge in [0.15, 0.2) is 0 Å². The van der Waals surface area contributed by atoms with Crippen molar-refractivity contribution < 1.29 is 14.0 Å². The molecular formula is C19H18FN3O2. The summed E-state index contributed by atoms with van der Waals surface area (Å²) in [6.45, 7) is 1.17. The first kappa shape index (κ1) is 18.1. The fourth-order valence-corrected chi connectivity index (χ4v) is 2.51. The van der Waals surface area contributed by atoms with Gasteiger partial charge in [-0.05, 0) is 23.8 Å². The molecule has 1 atom stereocenters. The number of benzene rings is 2. The van der Waals surface area contributed by atoms with Crippen LogP contribution in [0.4, 0.5) is 10.1 Å². The van der Waals surface area contributed by atoms with Gasteiger partial charge >= 0.3 is 0 Å². The molecule has 0 unspecified atom stereocenters. The molecule has 0 heterocycles. The summed E-state index contributed by atoms with van der Waals surface area (Å²) in [7, 11) is 0. The van der Waals surface area contributed by atoms with Crippen LogP contribution in [0.3, 0.4) is 0 Å². The fraction of sp³-hybridized carbons (Fsp3) is 0.211. The van der Waals surface area contributed by atoms with Crippen LogP contribution < -0.4 is 10.2 Å². The van der Waals surface area contributed by atoms with Crippen molar-refractivity contribution in [3.05, 3.63) is 66.0 Å². The topological polar surface area (TPSA) is 73.2 Å². The molecule has 2 rings (SSSR count). The molecule has 0 aromatic heterocycles. The first-order valence-electron chi connectivity index (χ1n) is 7.76. The molecule has 0 aliphatic heterocycles. The lowest BCUT2D eigenvalue weighted by Gasteiger charge is -2.24. The minimum absolute atomic E-state index is 0.0399. The summed E-state index contributed by atoms with van der Waals surface area (Å²) in [6, 6.07) is 16.0. The maximum atomic E-state index is 13.5. The Labute approximate surface area is 145 Å². The smallest absolute Gasteiger partial charge is 0.230 e. The lowest BCUT2D eigenvalue weighted by molar-refractivity contribution is -0.121. The number of amides is 2. The van der Waals surface area contributed by atoms with Crippen molar-refractivity contribution in [2.45, 2.75) is 19.4 Å². The Bertz CT molecular complexity index is 787. The molecule has 2 aromatic carbocycles. The van der Waals surface area contributed by atoms with Gasteiger partial charge in [-0.1, -0.05) is 36.4 Å². The first-order chi connectivity index (χ1) is 12.0. The van der Waals surface area contributed by atoms with Gasteiger partial charge in [0.1, 0.15) is 12.4 Å². The van der Waals surface area contributed by atoms with Crippen molar-refractivity contribution in [2.75, 3.05) is 11.4 Å². The van der Waals surface area contributed by atoms with Gasteiger partial charge < -0.3 is 5.32 Å². The highest BCUT2D eigenvalue weighted by Crippen LogP contribution is 2.21. The second-order valence-electron chi connectivity index (χ2n) is 5.49. The minimum atomic E-state index is -0.527. The molecule has 0 aliphatic carbocycles. The molecule has 5 nitrogen and oxygen atoms in total. The van der Waals surface area contributed by atoms with E-state index < -0.39 is 11.9 Å². The number of rotatable bonds is 6. The van der Waals surface area contributed by atoms with Crippen LogP contribution in [0.15, 0.2) is 54.6 Å². The monoisotopic (exact) mass is 339 g/mol. The van der Waals surface area contributed by atoms with Crippen molar-refractivity contribution in [3.63, 3.8) is 0 Å². The zero-order chi connectivity index (χ0) is 18.2. The predicted octanol–water partition coefficient (Wildman–Crippen LogP) is 2.95. The molecule has 0 radical (unpaired) electrons. The van der Waals surface area contributed by atoms with Crippen LogP contribution in [0, 0.1) is 17.1 Å². The molecule has 0 saturated heterocycles. The van der Waals surface area contributed by atoms with Gasteiger partial charge in [-0.2, -0.15) is 5.26 Å². The van der Waals surface area contributed by atoms with Crippen LogP contribution in [-0.2, 0) is 9.59 Å². The second-order valence-corrected chi connectivity index (χ2v) is 5.49. The van der Waals surface area contributed by atoms with Crippen LogP contribution in [-0.4, -0.2) is 18.4 Å².